The highest BCUT2D eigenvalue weighted by Crippen LogP contribution is 2.30. The maximum Gasteiger partial charge on any atom is 0.322 e. The van der Waals surface area contributed by atoms with E-state index >= 15 is 0 Å². The molecule has 3 amide bonds. The molecular formula is C18H22N4O2S2. The van der Waals surface area contributed by atoms with E-state index in [-0.39, 0.29) is 17.9 Å². The Kier molecular flexibility index (Phi) is 5.21. The van der Waals surface area contributed by atoms with Crippen molar-refractivity contribution >= 4 is 44.7 Å². The van der Waals surface area contributed by atoms with E-state index in [4.69, 9.17) is 0 Å². The maximum atomic E-state index is 12.7. The fourth-order valence-corrected chi connectivity index (χ4v) is 5.18. The second kappa shape index (κ2) is 7.75. The Bertz CT molecular complexity index is 764. The van der Waals surface area contributed by atoms with Crippen LogP contribution >= 0.6 is 22.7 Å². The lowest BCUT2D eigenvalue weighted by molar-refractivity contribution is -0.121. The Morgan fingerprint density at radius 3 is 2.88 bits per heavy atom. The number of thiazole rings is 1. The normalized spacial score (nSPS) is 19.7. The lowest BCUT2D eigenvalue weighted by Gasteiger charge is -2.31. The number of nitrogens with one attached hydrogen (secondary N) is 2. The van der Waals surface area contributed by atoms with Crippen molar-refractivity contribution in [3.63, 3.8) is 0 Å². The second-order valence-electron chi connectivity index (χ2n) is 6.78. The number of carbonyl (C=O) groups is 2. The molecule has 1 fully saturated rings. The molecule has 0 aromatic carbocycles. The molecule has 3 heterocycles. The van der Waals surface area contributed by atoms with Crippen molar-refractivity contribution in [3.05, 3.63) is 28.1 Å². The number of nitrogens with zero attached hydrogens (tertiary/aromatic N) is 2. The van der Waals surface area contributed by atoms with Gasteiger partial charge in [-0.15, -0.1) is 22.7 Å². The van der Waals surface area contributed by atoms with Gasteiger partial charge in [-0.2, -0.15) is 0 Å². The summed E-state index contributed by atoms with van der Waals surface area (Å²) in [5.41, 5.74) is 1.15. The van der Waals surface area contributed by atoms with Gasteiger partial charge in [0.25, 0.3) is 0 Å². The molecule has 1 aliphatic carbocycles. The van der Waals surface area contributed by atoms with Gasteiger partial charge < -0.3 is 10.2 Å². The molecular weight excluding hydrogens is 368 g/mol. The number of fused-ring (bicyclic) bond motifs is 1. The van der Waals surface area contributed by atoms with Crippen LogP contribution in [0.25, 0.3) is 0 Å². The van der Waals surface area contributed by atoms with Crippen molar-refractivity contribution in [3.8, 4) is 0 Å². The van der Waals surface area contributed by atoms with Crippen molar-refractivity contribution in [1.29, 1.82) is 0 Å². The molecule has 4 rings (SSSR count). The summed E-state index contributed by atoms with van der Waals surface area (Å²) >= 11 is 3.10. The zero-order chi connectivity index (χ0) is 17.9. The van der Waals surface area contributed by atoms with E-state index < -0.39 is 0 Å². The van der Waals surface area contributed by atoms with Gasteiger partial charge in [-0.05, 0) is 56.0 Å². The Morgan fingerprint density at radius 1 is 1.19 bits per heavy atom. The van der Waals surface area contributed by atoms with E-state index in [2.05, 4.69) is 15.6 Å². The third-order valence-electron chi connectivity index (χ3n) is 4.91. The minimum atomic E-state index is -0.182. The van der Waals surface area contributed by atoms with Crippen molar-refractivity contribution in [1.82, 2.24) is 9.88 Å². The molecule has 0 saturated carbocycles. The first-order chi connectivity index (χ1) is 12.7. The Labute approximate surface area is 160 Å². The maximum absolute atomic E-state index is 12.7. The molecule has 26 heavy (non-hydrogen) atoms. The number of hydrogen-bond acceptors (Lipinski definition) is 5. The molecule has 6 nitrogen and oxygen atoms in total. The van der Waals surface area contributed by atoms with Gasteiger partial charge in [0.2, 0.25) is 5.91 Å². The first-order valence-corrected chi connectivity index (χ1v) is 10.8. The van der Waals surface area contributed by atoms with Crippen LogP contribution in [-0.4, -0.2) is 34.9 Å². The van der Waals surface area contributed by atoms with Gasteiger partial charge in [0.05, 0.1) is 16.6 Å². The van der Waals surface area contributed by atoms with E-state index in [0.717, 1.165) is 36.4 Å². The molecule has 2 aromatic heterocycles. The largest absolute Gasteiger partial charge is 0.324 e. The Hall–Kier alpha value is -1.93. The summed E-state index contributed by atoms with van der Waals surface area (Å²) in [6.45, 7) is 1.14. The molecule has 1 unspecified atom stereocenters. The molecule has 1 atom stereocenters. The molecule has 1 aliphatic heterocycles. The number of urea groups is 1. The van der Waals surface area contributed by atoms with Crippen LogP contribution in [0.4, 0.5) is 14.9 Å². The minimum absolute atomic E-state index is 0.0234. The predicted molar refractivity (Wildman–Crippen MR) is 105 cm³/mol. The van der Waals surface area contributed by atoms with E-state index in [1.807, 2.05) is 17.5 Å². The van der Waals surface area contributed by atoms with Crippen LogP contribution in [0.15, 0.2) is 17.5 Å². The van der Waals surface area contributed by atoms with Crippen molar-refractivity contribution in [2.75, 3.05) is 23.7 Å². The molecule has 138 valence electrons. The van der Waals surface area contributed by atoms with Crippen LogP contribution in [0.2, 0.25) is 0 Å². The number of likely N-dealkylation sites (tertiary alicyclic amines) is 1. The van der Waals surface area contributed by atoms with Crippen LogP contribution in [-0.2, 0) is 17.6 Å². The molecule has 1 saturated heterocycles. The summed E-state index contributed by atoms with van der Waals surface area (Å²) < 4.78 is 0. The Morgan fingerprint density at radius 2 is 2.08 bits per heavy atom. The SMILES string of the molecule is O=C(Nc1nc2c(s1)CCCC2)C1CCCN(C(=O)Nc2cccs2)C1. The van der Waals surface area contributed by atoms with Gasteiger partial charge in [0.15, 0.2) is 5.13 Å². The molecule has 2 N–H and O–H groups in total. The van der Waals surface area contributed by atoms with Crippen molar-refractivity contribution < 1.29 is 9.59 Å². The van der Waals surface area contributed by atoms with Gasteiger partial charge in [0.1, 0.15) is 0 Å². The van der Waals surface area contributed by atoms with Gasteiger partial charge in [-0.25, -0.2) is 9.78 Å². The van der Waals surface area contributed by atoms with Crippen molar-refractivity contribution in [2.45, 2.75) is 38.5 Å². The first-order valence-electron chi connectivity index (χ1n) is 9.08. The Balaban J connectivity index is 1.35. The average Bonchev–Trinajstić information content (AvgIpc) is 3.30. The average molecular weight is 391 g/mol. The van der Waals surface area contributed by atoms with Crippen molar-refractivity contribution in [2.24, 2.45) is 5.92 Å². The number of aromatic nitrogens is 1. The van der Waals surface area contributed by atoms with E-state index in [9.17, 15) is 9.59 Å². The minimum Gasteiger partial charge on any atom is -0.324 e. The number of anilines is 2. The summed E-state index contributed by atoms with van der Waals surface area (Å²) in [6, 6.07) is 3.65. The third kappa shape index (κ3) is 3.91. The predicted octanol–water partition coefficient (Wildman–Crippen LogP) is 3.97. The number of rotatable bonds is 3. The molecule has 0 radical (unpaired) electrons. The topological polar surface area (TPSA) is 74.3 Å². The smallest absolute Gasteiger partial charge is 0.322 e. The van der Waals surface area contributed by atoms with E-state index in [1.54, 1.807) is 16.2 Å². The number of piperidine rings is 1. The molecule has 2 aromatic rings. The molecule has 2 aliphatic rings. The molecule has 0 bridgehead atoms. The number of aryl methyl sites for hydroxylation is 2. The highest BCUT2D eigenvalue weighted by molar-refractivity contribution is 7.16. The summed E-state index contributed by atoms with van der Waals surface area (Å²) in [4.78, 5) is 32.7. The standard InChI is InChI=1S/C18H22N4O2S2/c23-16(21-17-19-13-6-1-2-7-14(13)26-17)12-5-3-9-22(11-12)18(24)20-15-8-4-10-25-15/h4,8,10,12H,1-3,5-7,9,11H2,(H,20,24)(H,19,21,23). The summed E-state index contributed by atoms with van der Waals surface area (Å²) in [5, 5.41) is 9.35. The van der Waals surface area contributed by atoms with Gasteiger partial charge in [-0.1, -0.05) is 0 Å². The fraction of sp³-hybridized carbons (Fsp3) is 0.500. The number of amides is 3. The second-order valence-corrected chi connectivity index (χ2v) is 8.81. The number of thiophene rings is 1. The third-order valence-corrected chi connectivity index (χ3v) is 6.76. The van der Waals surface area contributed by atoms with Crippen LogP contribution in [0.3, 0.4) is 0 Å². The lowest BCUT2D eigenvalue weighted by atomic mass is 9.97. The fourth-order valence-electron chi connectivity index (χ4n) is 3.52. The zero-order valence-electron chi connectivity index (χ0n) is 14.5. The quantitative estimate of drug-likeness (QED) is 0.833. The van der Waals surface area contributed by atoms with E-state index in [0.29, 0.717) is 18.2 Å². The van der Waals surface area contributed by atoms with Gasteiger partial charge >= 0.3 is 6.03 Å². The molecule has 8 heteroatoms. The monoisotopic (exact) mass is 390 g/mol. The lowest BCUT2D eigenvalue weighted by Crippen LogP contribution is -2.45. The highest BCUT2D eigenvalue weighted by Gasteiger charge is 2.29. The van der Waals surface area contributed by atoms with E-state index in [1.165, 1.54) is 29.1 Å². The molecule has 0 spiro atoms. The number of hydrogen-bond donors (Lipinski definition) is 2. The first kappa shape index (κ1) is 17.5. The van der Waals surface area contributed by atoms with Crippen LogP contribution in [0.1, 0.15) is 36.3 Å². The van der Waals surface area contributed by atoms with Crippen LogP contribution < -0.4 is 10.6 Å². The summed E-state index contributed by atoms with van der Waals surface area (Å²) in [7, 11) is 0. The summed E-state index contributed by atoms with van der Waals surface area (Å²) in [5.74, 6) is -0.205. The highest BCUT2D eigenvalue weighted by atomic mass is 32.1. The van der Waals surface area contributed by atoms with Crippen LogP contribution in [0, 0.1) is 5.92 Å². The number of carbonyl (C=O) groups excluding carboxylic acids is 2. The van der Waals surface area contributed by atoms with Gasteiger partial charge in [0, 0.05) is 18.0 Å². The van der Waals surface area contributed by atoms with Crippen LogP contribution in [0.5, 0.6) is 0 Å². The zero-order valence-corrected chi connectivity index (χ0v) is 16.1. The van der Waals surface area contributed by atoms with Gasteiger partial charge in [-0.3, -0.25) is 10.1 Å². The summed E-state index contributed by atoms with van der Waals surface area (Å²) in [6.07, 6.45) is 6.12.